The standard InChI is InChI=1S/C16H28N2O2/c1-4-18(5-2)8-9-19-12-14-10-16(20-13(14)3)11-17-15-6-7-15/h10,15,17H,4-9,11-12H2,1-3H3. The van der Waals surface area contributed by atoms with Gasteiger partial charge in [-0.1, -0.05) is 13.8 Å². The summed E-state index contributed by atoms with van der Waals surface area (Å²) in [6.07, 6.45) is 2.61. The van der Waals surface area contributed by atoms with Crippen LogP contribution in [0.1, 0.15) is 43.8 Å². The zero-order valence-electron chi connectivity index (χ0n) is 13.1. The van der Waals surface area contributed by atoms with E-state index in [-0.39, 0.29) is 0 Å². The highest BCUT2D eigenvalue weighted by molar-refractivity contribution is 5.20. The third-order valence-electron chi connectivity index (χ3n) is 3.92. The van der Waals surface area contributed by atoms with Gasteiger partial charge in [0.2, 0.25) is 0 Å². The third kappa shape index (κ3) is 4.93. The quantitative estimate of drug-likeness (QED) is 0.669. The summed E-state index contributed by atoms with van der Waals surface area (Å²) in [6.45, 7) is 11.8. The molecule has 0 radical (unpaired) electrons. The Labute approximate surface area is 122 Å². The Morgan fingerprint density at radius 2 is 2.10 bits per heavy atom. The Balaban J connectivity index is 1.68. The van der Waals surface area contributed by atoms with Gasteiger partial charge in [-0.3, -0.25) is 0 Å². The number of nitrogens with one attached hydrogen (secondary N) is 1. The molecule has 4 heteroatoms. The summed E-state index contributed by atoms with van der Waals surface area (Å²) in [4.78, 5) is 2.37. The number of hydrogen-bond acceptors (Lipinski definition) is 4. The molecule has 0 atom stereocenters. The molecule has 0 aromatic carbocycles. The molecule has 1 N–H and O–H groups in total. The Hall–Kier alpha value is -0.840. The molecule has 2 rings (SSSR count). The van der Waals surface area contributed by atoms with Crippen LogP contribution in [0.5, 0.6) is 0 Å². The van der Waals surface area contributed by atoms with Crippen molar-refractivity contribution < 1.29 is 9.15 Å². The monoisotopic (exact) mass is 280 g/mol. The molecule has 1 fully saturated rings. The normalized spacial score (nSPS) is 15.2. The van der Waals surface area contributed by atoms with E-state index in [0.717, 1.165) is 44.3 Å². The fourth-order valence-electron chi connectivity index (χ4n) is 2.27. The predicted octanol–water partition coefficient (Wildman–Crippen LogP) is 2.70. The van der Waals surface area contributed by atoms with Crippen LogP contribution in [0.4, 0.5) is 0 Å². The Bertz CT molecular complexity index is 395. The smallest absolute Gasteiger partial charge is 0.118 e. The van der Waals surface area contributed by atoms with Gasteiger partial charge in [0.1, 0.15) is 11.5 Å². The van der Waals surface area contributed by atoms with Gasteiger partial charge in [-0.05, 0) is 38.9 Å². The number of nitrogens with zero attached hydrogens (tertiary/aromatic N) is 1. The van der Waals surface area contributed by atoms with Gasteiger partial charge in [0.05, 0.1) is 19.8 Å². The molecule has 0 spiro atoms. The van der Waals surface area contributed by atoms with Crippen molar-refractivity contribution >= 4 is 0 Å². The first-order chi connectivity index (χ1) is 9.72. The zero-order valence-corrected chi connectivity index (χ0v) is 13.1. The first-order valence-corrected chi connectivity index (χ1v) is 7.84. The van der Waals surface area contributed by atoms with Gasteiger partial charge in [-0.15, -0.1) is 0 Å². The number of hydrogen-bond donors (Lipinski definition) is 1. The van der Waals surface area contributed by atoms with E-state index >= 15 is 0 Å². The fourth-order valence-corrected chi connectivity index (χ4v) is 2.27. The van der Waals surface area contributed by atoms with Crippen LogP contribution in [0.3, 0.4) is 0 Å². The van der Waals surface area contributed by atoms with Crippen molar-refractivity contribution in [3.8, 4) is 0 Å². The maximum Gasteiger partial charge on any atom is 0.118 e. The molecule has 0 aliphatic heterocycles. The molecule has 0 saturated heterocycles. The zero-order chi connectivity index (χ0) is 14.4. The van der Waals surface area contributed by atoms with Crippen molar-refractivity contribution in [2.45, 2.75) is 52.8 Å². The van der Waals surface area contributed by atoms with Crippen molar-refractivity contribution in [3.05, 3.63) is 23.2 Å². The average Bonchev–Trinajstić information content (AvgIpc) is 3.21. The molecule has 4 nitrogen and oxygen atoms in total. The van der Waals surface area contributed by atoms with Gasteiger partial charge in [0, 0.05) is 18.2 Å². The minimum atomic E-state index is 0.653. The molecule has 1 heterocycles. The van der Waals surface area contributed by atoms with Crippen molar-refractivity contribution in [1.82, 2.24) is 10.2 Å². The highest BCUT2D eigenvalue weighted by Gasteiger charge is 2.20. The van der Waals surface area contributed by atoms with E-state index in [4.69, 9.17) is 9.15 Å². The van der Waals surface area contributed by atoms with Crippen LogP contribution in [0.2, 0.25) is 0 Å². The van der Waals surface area contributed by atoms with E-state index in [2.05, 4.69) is 30.1 Å². The lowest BCUT2D eigenvalue weighted by molar-refractivity contribution is 0.0949. The number of rotatable bonds is 10. The van der Waals surface area contributed by atoms with Gasteiger partial charge in [0.25, 0.3) is 0 Å². The fraction of sp³-hybridized carbons (Fsp3) is 0.750. The SMILES string of the molecule is CCN(CC)CCOCc1cc(CNC2CC2)oc1C. The maximum atomic E-state index is 5.76. The van der Waals surface area contributed by atoms with E-state index in [9.17, 15) is 0 Å². The van der Waals surface area contributed by atoms with Gasteiger partial charge in [0.15, 0.2) is 0 Å². The second-order valence-electron chi connectivity index (χ2n) is 5.53. The highest BCUT2D eigenvalue weighted by Crippen LogP contribution is 2.21. The second-order valence-corrected chi connectivity index (χ2v) is 5.53. The molecular formula is C16H28N2O2. The van der Waals surface area contributed by atoms with E-state index in [0.29, 0.717) is 12.6 Å². The van der Waals surface area contributed by atoms with Crippen molar-refractivity contribution in [2.75, 3.05) is 26.2 Å². The van der Waals surface area contributed by atoms with Gasteiger partial charge < -0.3 is 19.4 Å². The van der Waals surface area contributed by atoms with Gasteiger partial charge >= 0.3 is 0 Å². The molecule has 20 heavy (non-hydrogen) atoms. The van der Waals surface area contributed by atoms with Crippen LogP contribution in [0.25, 0.3) is 0 Å². The van der Waals surface area contributed by atoms with Crippen LogP contribution in [0, 0.1) is 6.92 Å². The largest absolute Gasteiger partial charge is 0.465 e. The number of furan rings is 1. The molecular weight excluding hydrogens is 252 g/mol. The predicted molar refractivity (Wildman–Crippen MR) is 80.8 cm³/mol. The number of aryl methyl sites for hydroxylation is 1. The Morgan fingerprint density at radius 3 is 2.75 bits per heavy atom. The van der Waals surface area contributed by atoms with Crippen molar-refractivity contribution in [3.63, 3.8) is 0 Å². The Kier molecular flexibility index (Phi) is 6.07. The first kappa shape index (κ1) is 15.5. The summed E-state index contributed by atoms with van der Waals surface area (Å²) in [6, 6.07) is 2.84. The molecule has 1 aliphatic carbocycles. The molecule has 114 valence electrons. The van der Waals surface area contributed by atoms with Crippen LogP contribution in [-0.2, 0) is 17.9 Å². The summed E-state index contributed by atoms with van der Waals surface area (Å²) >= 11 is 0. The van der Waals surface area contributed by atoms with Crippen LogP contribution in [-0.4, -0.2) is 37.2 Å². The summed E-state index contributed by atoms with van der Waals surface area (Å²) in [5.41, 5.74) is 1.18. The topological polar surface area (TPSA) is 37.6 Å². The van der Waals surface area contributed by atoms with Crippen molar-refractivity contribution in [1.29, 1.82) is 0 Å². The first-order valence-electron chi connectivity index (χ1n) is 7.84. The lowest BCUT2D eigenvalue weighted by atomic mass is 10.2. The molecule has 0 unspecified atom stereocenters. The molecule has 1 aliphatic rings. The van der Waals surface area contributed by atoms with Crippen molar-refractivity contribution in [2.24, 2.45) is 0 Å². The minimum Gasteiger partial charge on any atom is -0.465 e. The van der Waals surface area contributed by atoms with E-state index < -0.39 is 0 Å². The van der Waals surface area contributed by atoms with Crippen LogP contribution >= 0.6 is 0 Å². The highest BCUT2D eigenvalue weighted by atomic mass is 16.5. The summed E-state index contributed by atoms with van der Waals surface area (Å²) in [7, 11) is 0. The number of ether oxygens (including phenoxy) is 1. The van der Waals surface area contributed by atoms with E-state index in [1.54, 1.807) is 0 Å². The molecule has 1 aromatic rings. The molecule has 0 amide bonds. The number of likely N-dealkylation sites (N-methyl/N-ethyl adjacent to an activating group) is 1. The van der Waals surface area contributed by atoms with Crippen LogP contribution in [0.15, 0.2) is 10.5 Å². The van der Waals surface area contributed by atoms with Crippen LogP contribution < -0.4 is 5.32 Å². The third-order valence-corrected chi connectivity index (χ3v) is 3.92. The molecule has 1 aromatic heterocycles. The lowest BCUT2D eigenvalue weighted by Gasteiger charge is -2.17. The van der Waals surface area contributed by atoms with E-state index in [1.807, 2.05) is 6.92 Å². The van der Waals surface area contributed by atoms with Gasteiger partial charge in [-0.2, -0.15) is 0 Å². The Morgan fingerprint density at radius 1 is 1.35 bits per heavy atom. The summed E-state index contributed by atoms with van der Waals surface area (Å²) in [5, 5.41) is 3.47. The maximum absolute atomic E-state index is 5.76. The second kappa shape index (κ2) is 7.81. The summed E-state index contributed by atoms with van der Waals surface area (Å²) < 4.78 is 11.5. The molecule has 0 bridgehead atoms. The molecule has 1 saturated carbocycles. The van der Waals surface area contributed by atoms with E-state index in [1.165, 1.54) is 18.4 Å². The minimum absolute atomic E-state index is 0.653. The average molecular weight is 280 g/mol. The summed E-state index contributed by atoms with van der Waals surface area (Å²) in [5.74, 6) is 2.01. The van der Waals surface area contributed by atoms with Gasteiger partial charge in [-0.25, -0.2) is 0 Å². The lowest BCUT2D eigenvalue weighted by Crippen LogP contribution is -2.26.